The van der Waals surface area contributed by atoms with Gasteiger partial charge in [0.15, 0.2) is 5.13 Å². The van der Waals surface area contributed by atoms with Crippen LogP contribution in [0.25, 0.3) is 0 Å². The molecule has 3 nitrogen and oxygen atoms in total. The summed E-state index contributed by atoms with van der Waals surface area (Å²) in [5.74, 6) is 0. The second-order valence-corrected chi connectivity index (χ2v) is 4.70. The smallest absolute Gasteiger partial charge is 0.183 e. The number of benzene rings is 1. The zero-order chi connectivity index (χ0) is 12.1. The van der Waals surface area contributed by atoms with E-state index in [2.05, 4.69) is 34.7 Å². The molecule has 0 saturated carbocycles. The van der Waals surface area contributed by atoms with Gasteiger partial charge in [0.1, 0.15) is 0 Å². The third-order valence-corrected chi connectivity index (χ3v) is 3.47. The summed E-state index contributed by atoms with van der Waals surface area (Å²) in [6.07, 6.45) is 0.969. The average Bonchev–Trinajstić information content (AvgIpc) is 2.84. The van der Waals surface area contributed by atoms with Crippen molar-refractivity contribution in [3.63, 3.8) is 0 Å². The molecule has 1 aromatic heterocycles. The van der Waals surface area contributed by atoms with Crippen LogP contribution in [0.1, 0.15) is 24.2 Å². The summed E-state index contributed by atoms with van der Waals surface area (Å²) >= 11 is 1.63. The Kier molecular flexibility index (Phi) is 4.12. The van der Waals surface area contributed by atoms with Crippen LogP contribution in [0, 0.1) is 0 Å². The maximum absolute atomic E-state index is 5.81. The van der Waals surface area contributed by atoms with Crippen LogP contribution in [0.2, 0.25) is 0 Å². The van der Waals surface area contributed by atoms with Gasteiger partial charge in [0.25, 0.3) is 0 Å². The van der Waals surface area contributed by atoms with Gasteiger partial charge in [-0.15, -0.1) is 11.3 Å². The quantitative estimate of drug-likeness (QED) is 0.854. The van der Waals surface area contributed by atoms with Gasteiger partial charge in [-0.3, -0.25) is 0 Å². The lowest BCUT2D eigenvalue weighted by atomic mass is 10.1. The van der Waals surface area contributed by atoms with Gasteiger partial charge in [-0.05, 0) is 12.0 Å². The zero-order valence-electron chi connectivity index (χ0n) is 9.89. The van der Waals surface area contributed by atoms with Crippen LogP contribution < -0.4 is 11.1 Å². The molecule has 0 saturated heterocycles. The molecule has 4 heteroatoms. The van der Waals surface area contributed by atoms with Crippen molar-refractivity contribution < 1.29 is 0 Å². The fraction of sp³-hybridized carbons (Fsp3) is 0.308. The highest BCUT2D eigenvalue weighted by atomic mass is 32.1. The van der Waals surface area contributed by atoms with E-state index in [-0.39, 0.29) is 6.04 Å². The minimum atomic E-state index is 0.132. The Morgan fingerprint density at radius 2 is 2.12 bits per heavy atom. The molecule has 0 aliphatic rings. The first-order valence-electron chi connectivity index (χ1n) is 5.79. The van der Waals surface area contributed by atoms with E-state index < -0.39 is 0 Å². The molecule has 0 aliphatic heterocycles. The van der Waals surface area contributed by atoms with Crippen LogP contribution in [0.15, 0.2) is 35.7 Å². The summed E-state index contributed by atoms with van der Waals surface area (Å²) in [4.78, 5) is 4.49. The number of thiazole rings is 1. The average molecular weight is 247 g/mol. The number of hydrogen-bond acceptors (Lipinski definition) is 4. The van der Waals surface area contributed by atoms with Crippen molar-refractivity contribution in [2.24, 2.45) is 5.73 Å². The first-order chi connectivity index (χ1) is 8.33. The minimum Gasteiger partial charge on any atom is -0.353 e. The Bertz CT molecular complexity index is 453. The third-order valence-electron chi connectivity index (χ3n) is 2.65. The Balaban J connectivity index is 2.10. The first kappa shape index (κ1) is 12.1. The molecule has 2 rings (SSSR count). The molecule has 0 aliphatic carbocycles. The van der Waals surface area contributed by atoms with E-state index in [9.17, 15) is 0 Å². The van der Waals surface area contributed by atoms with Gasteiger partial charge >= 0.3 is 0 Å². The topological polar surface area (TPSA) is 50.9 Å². The lowest BCUT2D eigenvalue weighted by molar-refractivity contribution is 0.787. The van der Waals surface area contributed by atoms with Crippen molar-refractivity contribution in [3.8, 4) is 0 Å². The second kappa shape index (κ2) is 5.80. The molecule has 17 heavy (non-hydrogen) atoms. The summed E-state index contributed by atoms with van der Waals surface area (Å²) in [5.41, 5.74) is 8.13. The summed E-state index contributed by atoms with van der Waals surface area (Å²) < 4.78 is 0. The van der Waals surface area contributed by atoms with Crippen LogP contribution in [-0.4, -0.2) is 11.5 Å². The molecule has 1 atom stereocenters. The van der Waals surface area contributed by atoms with Crippen molar-refractivity contribution in [3.05, 3.63) is 47.0 Å². The number of hydrogen-bond donors (Lipinski definition) is 2. The lowest BCUT2D eigenvalue weighted by Gasteiger charge is -2.16. The van der Waals surface area contributed by atoms with E-state index in [1.807, 2.05) is 18.2 Å². The van der Waals surface area contributed by atoms with Crippen LogP contribution in [0.5, 0.6) is 0 Å². The normalized spacial score (nSPS) is 12.4. The Labute approximate surface area is 106 Å². The largest absolute Gasteiger partial charge is 0.353 e. The Hall–Kier alpha value is -1.39. The van der Waals surface area contributed by atoms with E-state index in [0.717, 1.165) is 17.2 Å². The summed E-state index contributed by atoms with van der Waals surface area (Å²) in [5, 5.41) is 6.41. The molecule has 0 spiro atoms. The molecule has 0 radical (unpaired) electrons. The van der Waals surface area contributed by atoms with Gasteiger partial charge in [0, 0.05) is 11.9 Å². The highest BCUT2D eigenvalue weighted by Crippen LogP contribution is 2.22. The van der Waals surface area contributed by atoms with Crippen LogP contribution in [0.3, 0.4) is 0 Å². The van der Waals surface area contributed by atoms with Gasteiger partial charge in [-0.1, -0.05) is 37.3 Å². The number of aryl methyl sites for hydroxylation is 1. The molecule has 1 aromatic carbocycles. The highest BCUT2D eigenvalue weighted by molar-refractivity contribution is 7.13. The molecule has 2 aromatic rings. The number of nitrogens with one attached hydrogen (secondary N) is 1. The Morgan fingerprint density at radius 3 is 2.71 bits per heavy atom. The standard InChI is InChI=1S/C13H17N3S/c1-2-11-9-17-13(15-11)16-12(8-14)10-6-4-3-5-7-10/h3-7,9,12H,2,8,14H2,1H3,(H,15,16). The number of aromatic nitrogens is 1. The molecule has 1 unspecified atom stereocenters. The molecular weight excluding hydrogens is 230 g/mol. The monoisotopic (exact) mass is 247 g/mol. The fourth-order valence-corrected chi connectivity index (χ4v) is 2.50. The number of nitrogens with two attached hydrogens (primary N) is 1. The molecule has 0 amide bonds. The minimum absolute atomic E-state index is 0.132. The van der Waals surface area contributed by atoms with Gasteiger partial charge in [-0.25, -0.2) is 4.98 Å². The number of anilines is 1. The zero-order valence-corrected chi connectivity index (χ0v) is 10.7. The van der Waals surface area contributed by atoms with Gasteiger partial charge in [0.2, 0.25) is 0 Å². The van der Waals surface area contributed by atoms with E-state index >= 15 is 0 Å². The summed E-state index contributed by atoms with van der Waals surface area (Å²) in [6, 6.07) is 10.4. The van der Waals surface area contributed by atoms with Crippen LogP contribution in [0.4, 0.5) is 5.13 Å². The second-order valence-electron chi connectivity index (χ2n) is 3.84. The van der Waals surface area contributed by atoms with E-state index in [0.29, 0.717) is 6.54 Å². The predicted molar refractivity (Wildman–Crippen MR) is 73.4 cm³/mol. The maximum Gasteiger partial charge on any atom is 0.183 e. The van der Waals surface area contributed by atoms with E-state index in [1.165, 1.54) is 5.56 Å². The van der Waals surface area contributed by atoms with E-state index in [1.54, 1.807) is 11.3 Å². The van der Waals surface area contributed by atoms with Crippen molar-refractivity contribution in [1.29, 1.82) is 0 Å². The number of nitrogens with zero attached hydrogens (tertiary/aromatic N) is 1. The highest BCUT2D eigenvalue weighted by Gasteiger charge is 2.10. The molecular formula is C13H17N3S. The van der Waals surface area contributed by atoms with Crippen LogP contribution >= 0.6 is 11.3 Å². The molecule has 1 heterocycles. The SMILES string of the molecule is CCc1csc(NC(CN)c2ccccc2)n1. The number of rotatable bonds is 5. The molecule has 3 N–H and O–H groups in total. The van der Waals surface area contributed by atoms with E-state index in [4.69, 9.17) is 5.73 Å². The summed E-state index contributed by atoms with van der Waals surface area (Å²) in [6.45, 7) is 2.67. The maximum atomic E-state index is 5.81. The van der Waals surface area contributed by atoms with Crippen molar-refractivity contribution in [1.82, 2.24) is 4.98 Å². The predicted octanol–water partition coefficient (Wildman–Crippen LogP) is 2.82. The lowest BCUT2D eigenvalue weighted by Crippen LogP contribution is -2.20. The van der Waals surface area contributed by atoms with Crippen molar-refractivity contribution >= 4 is 16.5 Å². The first-order valence-corrected chi connectivity index (χ1v) is 6.67. The third kappa shape index (κ3) is 3.05. The van der Waals surface area contributed by atoms with Crippen molar-refractivity contribution in [2.75, 3.05) is 11.9 Å². The molecule has 90 valence electrons. The molecule has 0 bridgehead atoms. The Morgan fingerprint density at radius 1 is 1.35 bits per heavy atom. The van der Waals surface area contributed by atoms with Crippen molar-refractivity contribution in [2.45, 2.75) is 19.4 Å². The van der Waals surface area contributed by atoms with Crippen LogP contribution in [-0.2, 0) is 6.42 Å². The fourth-order valence-electron chi connectivity index (χ4n) is 1.65. The molecule has 0 fully saturated rings. The van der Waals surface area contributed by atoms with Gasteiger partial charge < -0.3 is 11.1 Å². The van der Waals surface area contributed by atoms with Gasteiger partial charge in [-0.2, -0.15) is 0 Å². The summed E-state index contributed by atoms with van der Waals surface area (Å²) in [7, 11) is 0. The van der Waals surface area contributed by atoms with Gasteiger partial charge in [0.05, 0.1) is 11.7 Å².